The molecule has 0 saturated carbocycles. The fourth-order valence-electron chi connectivity index (χ4n) is 2.30. The molecule has 0 radical (unpaired) electrons. The molecule has 1 aromatic carbocycles. The minimum Gasteiger partial charge on any atom is -0.389 e. The zero-order valence-electron chi connectivity index (χ0n) is 9.72. The monoisotopic (exact) mass is 221 g/mol. The lowest BCUT2D eigenvalue weighted by Gasteiger charge is -2.32. The maximum absolute atomic E-state index is 9.76. The molecule has 2 rings (SSSR count). The van der Waals surface area contributed by atoms with Gasteiger partial charge in [-0.15, -0.1) is 0 Å². The Morgan fingerprint density at radius 1 is 1.44 bits per heavy atom. The Bertz CT molecular complexity index is 340. The first-order chi connectivity index (χ1) is 7.81. The van der Waals surface area contributed by atoms with Gasteiger partial charge in [-0.05, 0) is 24.5 Å². The zero-order chi connectivity index (χ0) is 11.4. The Hall–Kier alpha value is -1.06. The molecule has 1 aliphatic rings. The topological polar surface area (TPSA) is 32.7 Å². The van der Waals surface area contributed by atoms with Crippen molar-refractivity contribution in [2.75, 3.05) is 31.7 Å². The van der Waals surface area contributed by atoms with Crippen LogP contribution in [0.5, 0.6) is 0 Å². The molecule has 1 aromatic rings. The van der Waals surface area contributed by atoms with Crippen molar-refractivity contribution in [1.82, 2.24) is 0 Å². The number of β-amino-alcohol motifs (C(OH)–C–C–N with tert-alkyl or cyclic N) is 1. The highest BCUT2D eigenvalue weighted by Gasteiger charge is 2.18. The summed E-state index contributed by atoms with van der Waals surface area (Å²) in [6, 6.07) is 8.44. The number of benzene rings is 1. The second-order valence-corrected chi connectivity index (χ2v) is 4.29. The summed E-state index contributed by atoms with van der Waals surface area (Å²) >= 11 is 0. The molecule has 0 spiro atoms. The largest absolute Gasteiger partial charge is 0.389 e. The van der Waals surface area contributed by atoms with E-state index in [4.69, 9.17) is 4.74 Å². The predicted molar refractivity (Wildman–Crippen MR) is 64.9 cm³/mol. The third kappa shape index (κ3) is 2.54. The van der Waals surface area contributed by atoms with E-state index >= 15 is 0 Å². The number of ether oxygens (including phenoxy) is 1. The van der Waals surface area contributed by atoms with Crippen LogP contribution in [-0.4, -0.2) is 38.0 Å². The Labute approximate surface area is 96.6 Å². The molecule has 1 aliphatic heterocycles. The Kier molecular flexibility index (Phi) is 3.80. The number of aliphatic hydroxyl groups excluding tert-OH is 1. The minimum absolute atomic E-state index is 0.401. The van der Waals surface area contributed by atoms with Crippen LogP contribution < -0.4 is 4.90 Å². The first-order valence-electron chi connectivity index (χ1n) is 5.81. The average Bonchev–Trinajstić information content (AvgIpc) is 2.30. The van der Waals surface area contributed by atoms with E-state index in [1.165, 1.54) is 11.3 Å². The molecule has 0 aromatic heterocycles. The summed E-state index contributed by atoms with van der Waals surface area (Å²) in [5.41, 5.74) is 2.65. The highest BCUT2D eigenvalue weighted by molar-refractivity contribution is 5.55. The zero-order valence-corrected chi connectivity index (χ0v) is 9.72. The average molecular weight is 221 g/mol. The van der Waals surface area contributed by atoms with Crippen molar-refractivity contribution in [3.05, 3.63) is 29.8 Å². The van der Waals surface area contributed by atoms with Gasteiger partial charge in [-0.3, -0.25) is 0 Å². The quantitative estimate of drug-likeness (QED) is 0.835. The number of para-hydroxylation sites is 1. The second-order valence-electron chi connectivity index (χ2n) is 4.29. The van der Waals surface area contributed by atoms with Crippen LogP contribution in [-0.2, 0) is 11.2 Å². The normalized spacial score (nSPS) is 17.0. The fourth-order valence-corrected chi connectivity index (χ4v) is 2.30. The van der Waals surface area contributed by atoms with Gasteiger partial charge in [0.2, 0.25) is 0 Å². The first-order valence-corrected chi connectivity index (χ1v) is 5.81. The third-order valence-corrected chi connectivity index (χ3v) is 3.00. The number of fused-ring (bicyclic) bond motifs is 1. The summed E-state index contributed by atoms with van der Waals surface area (Å²) in [6.45, 7) is 2.08. The molecule has 3 heteroatoms. The molecule has 1 N–H and O–H groups in total. The molecule has 0 saturated heterocycles. The summed E-state index contributed by atoms with van der Waals surface area (Å²) in [5.74, 6) is 0. The summed E-state index contributed by atoms with van der Waals surface area (Å²) in [6.07, 6.45) is 1.90. The van der Waals surface area contributed by atoms with E-state index in [0.717, 1.165) is 19.4 Å². The van der Waals surface area contributed by atoms with Crippen LogP contribution in [0.1, 0.15) is 12.0 Å². The number of hydrogen-bond donors (Lipinski definition) is 1. The molecule has 0 bridgehead atoms. The number of rotatable bonds is 4. The van der Waals surface area contributed by atoms with Gasteiger partial charge in [-0.2, -0.15) is 0 Å². The highest BCUT2D eigenvalue weighted by atomic mass is 16.5. The lowest BCUT2D eigenvalue weighted by molar-refractivity contribution is 0.0686. The van der Waals surface area contributed by atoms with Crippen LogP contribution >= 0.6 is 0 Å². The number of aliphatic hydroxyl groups is 1. The fraction of sp³-hybridized carbons (Fsp3) is 0.538. The standard InChI is InChI=1S/C13H19NO2/c1-16-10-12(15)9-14-8-4-6-11-5-2-3-7-13(11)14/h2-3,5,7,12,15H,4,6,8-10H2,1H3. The van der Waals surface area contributed by atoms with Crippen LogP contribution in [0.3, 0.4) is 0 Å². The minimum atomic E-state index is -0.406. The lowest BCUT2D eigenvalue weighted by Crippen LogP contribution is -2.37. The molecule has 16 heavy (non-hydrogen) atoms. The Morgan fingerprint density at radius 2 is 2.25 bits per heavy atom. The van der Waals surface area contributed by atoms with Gasteiger partial charge in [0.1, 0.15) is 0 Å². The summed E-state index contributed by atoms with van der Waals surface area (Å²) < 4.78 is 4.96. The first kappa shape index (κ1) is 11.4. The molecular formula is C13H19NO2. The number of methoxy groups -OCH3 is 1. The van der Waals surface area contributed by atoms with Crippen molar-refractivity contribution in [3.63, 3.8) is 0 Å². The van der Waals surface area contributed by atoms with Gasteiger partial charge in [0.05, 0.1) is 12.7 Å². The van der Waals surface area contributed by atoms with E-state index in [1.54, 1.807) is 7.11 Å². The van der Waals surface area contributed by atoms with Gasteiger partial charge in [0.15, 0.2) is 0 Å². The Balaban J connectivity index is 2.07. The third-order valence-electron chi connectivity index (χ3n) is 3.00. The van der Waals surface area contributed by atoms with Gasteiger partial charge >= 0.3 is 0 Å². The maximum Gasteiger partial charge on any atom is 0.0947 e. The molecule has 0 amide bonds. The van der Waals surface area contributed by atoms with Crippen LogP contribution in [0.2, 0.25) is 0 Å². The van der Waals surface area contributed by atoms with E-state index in [1.807, 2.05) is 0 Å². The van der Waals surface area contributed by atoms with Crippen LogP contribution in [0.25, 0.3) is 0 Å². The van der Waals surface area contributed by atoms with E-state index in [2.05, 4.69) is 29.2 Å². The van der Waals surface area contributed by atoms with Gasteiger partial charge in [0.25, 0.3) is 0 Å². The molecule has 0 fully saturated rings. The van der Waals surface area contributed by atoms with E-state index in [9.17, 15) is 5.11 Å². The van der Waals surface area contributed by atoms with E-state index in [0.29, 0.717) is 13.2 Å². The SMILES string of the molecule is COCC(O)CN1CCCc2ccccc21. The van der Waals surface area contributed by atoms with Crippen molar-refractivity contribution in [2.24, 2.45) is 0 Å². The van der Waals surface area contributed by atoms with Gasteiger partial charge < -0.3 is 14.7 Å². The lowest BCUT2D eigenvalue weighted by atomic mass is 10.0. The van der Waals surface area contributed by atoms with Gasteiger partial charge in [0, 0.05) is 25.9 Å². The summed E-state index contributed by atoms with van der Waals surface area (Å²) in [5, 5.41) is 9.76. The van der Waals surface area contributed by atoms with E-state index < -0.39 is 6.10 Å². The van der Waals surface area contributed by atoms with Crippen LogP contribution in [0.15, 0.2) is 24.3 Å². The molecule has 1 heterocycles. The van der Waals surface area contributed by atoms with Gasteiger partial charge in [-0.25, -0.2) is 0 Å². The van der Waals surface area contributed by atoms with Crippen molar-refractivity contribution in [1.29, 1.82) is 0 Å². The summed E-state index contributed by atoms with van der Waals surface area (Å²) in [4.78, 5) is 2.25. The smallest absolute Gasteiger partial charge is 0.0947 e. The molecular weight excluding hydrogens is 202 g/mol. The maximum atomic E-state index is 9.76. The van der Waals surface area contributed by atoms with Gasteiger partial charge in [-0.1, -0.05) is 18.2 Å². The van der Waals surface area contributed by atoms with Crippen LogP contribution in [0, 0.1) is 0 Å². The number of anilines is 1. The second kappa shape index (κ2) is 5.32. The number of nitrogens with zero attached hydrogens (tertiary/aromatic N) is 1. The summed E-state index contributed by atoms with van der Waals surface area (Å²) in [7, 11) is 1.62. The Morgan fingerprint density at radius 3 is 3.06 bits per heavy atom. The van der Waals surface area contributed by atoms with Crippen molar-refractivity contribution >= 4 is 5.69 Å². The number of hydrogen-bond acceptors (Lipinski definition) is 3. The molecule has 1 atom stereocenters. The molecule has 0 aliphatic carbocycles. The van der Waals surface area contributed by atoms with Crippen molar-refractivity contribution < 1.29 is 9.84 Å². The highest BCUT2D eigenvalue weighted by Crippen LogP contribution is 2.26. The molecule has 88 valence electrons. The predicted octanol–water partition coefficient (Wildman–Crippen LogP) is 1.45. The van der Waals surface area contributed by atoms with Crippen molar-refractivity contribution in [3.8, 4) is 0 Å². The van der Waals surface area contributed by atoms with Crippen molar-refractivity contribution in [2.45, 2.75) is 18.9 Å². The molecule has 1 unspecified atom stereocenters. The number of aryl methyl sites for hydroxylation is 1. The van der Waals surface area contributed by atoms with Crippen LogP contribution in [0.4, 0.5) is 5.69 Å². The molecule has 3 nitrogen and oxygen atoms in total. The van der Waals surface area contributed by atoms with E-state index in [-0.39, 0.29) is 0 Å².